The maximum absolute atomic E-state index is 13.2. The van der Waals surface area contributed by atoms with E-state index in [2.05, 4.69) is 67.4 Å². The molecule has 1 rings (SSSR count). The van der Waals surface area contributed by atoms with Crippen molar-refractivity contribution in [3.05, 3.63) is 36.5 Å². The van der Waals surface area contributed by atoms with E-state index in [0.717, 1.165) is 64.5 Å². The minimum Gasteiger partial charge on any atom is -0.465 e. The number of allylic oxidation sites excluding steroid dienone is 3. The van der Waals surface area contributed by atoms with Crippen molar-refractivity contribution in [3.63, 3.8) is 0 Å². The number of hydrogen-bond donors (Lipinski definition) is 1. The van der Waals surface area contributed by atoms with Crippen LogP contribution >= 0.6 is 0 Å². The van der Waals surface area contributed by atoms with Gasteiger partial charge in [0.05, 0.1) is 19.8 Å². The van der Waals surface area contributed by atoms with Gasteiger partial charge in [-0.15, -0.1) is 0 Å². The standard InChI is InChI=1S/C63H108N2O14/c1-4-7-10-13-16-25-36-49-73-56(66)39-28-19-22-31-42-59(69)76-52-63(55-79-62(72)64-45-48-65-46-34-35-47-65,53-77-60(70)43-32-23-20-29-40-57(67)74-50-37-26-17-14-11-8-5-2)54-78-61(71)44-33-24-21-30-41-58(68)75-51-38-27-18-15-12-9-6-3/h16-18,25-27H,4-15,19-24,28-55H2,1-3H3,(H,64,72)/b25-16-,26-17-,27-18-. The van der Waals surface area contributed by atoms with Gasteiger partial charge in [-0.25, -0.2) is 4.79 Å². The van der Waals surface area contributed by atoms with Crippen LogP contribution in [0.2, 0.25) is 0 Å². The van der Waals surface area contributed by atoms with Gasteiger partial charge in [-0.1, -0.05) is 134 Å². The second-order valence-corrected chi connectivity index (χ2v) is 21.2. The molecule has 1 N–H and O–H groups in total. The summed E-state index contributed by atoms with van der Waals surface area (Å²) >= 11 is 0. The summed E-state index contributed by atoms with van der Waals surface area (Å²) in [5.74, 6) is -2.26. The van der Waals surface area contributed by atoms with Gasteiger partial charge in [0.2, 0.25) is 0 Å². The molecule has 0 aliphatic carbocycles. The Labute approximate surface area is 477 Å². The molecule has 1 heterocycles. The van der Waals surface area contributed by atoms with Gasteiger partial charge in [0, 0.05) is 51.6 Å². The van der Waals surface area contributed by atoms with E-state index < -0.39 is 29.4 Å². The van der Waals surface area contributed by atoms with E-state index in [-0.39, 0.29) is 63.6 Å². The second-order valence-electron chi connectivity index (χ2n) is 21.2. The van der Waals surface area contributed by atoms with Gasteiger partial charge in [-0.3, -0.25) is 28.8 Å². The number of unbranched alkanes of at least 4 members (excludes halogenated alkanes) is 18. The third-order valence-electron chi connectivity index (χ3n) is 13.6. The first-order chi connectivity index (χ1) is 38.5. The maximum atomic E-state index is 13.2. The molecule has 454 valence electrons. The van der Waals surface area contributed by atoms with E-state index in [4.69, 9.17) is 33.2 Å². The van der Waals surface area contributed by atoms with E-state index in [1.807, 2.05) is 0 Å². The highest BCUT2D eigenvalue weighted by atomic mass is 16.6. The number of esters is 6. The molecule has 0 aromatic heterocycles. The van der Waals surface area contributed by atoms with Crippen LogP contribution in [0.1, 0.15) is 245 Å². The minimum absolute atomic E-state index is 0.0883. The number of carbonyl (C=O) groups is 7. The number of carbonyl (C=O) groups excluding carboxylic acids is 7. The van der Waals surface area contributed by atoms with Crippen LogP contribution in [-0.2, 0) is 61.9 Å². The smallest absolute Gasteiger partial charge is 0.407 e. The Kier molecular flexibility index (Phi) is 48.2. The Morgan fingerprint density at radius 2 is 0.658 bits per heavy atom. The van der Waals surface area contributed by atoms with Crippen molar-refractivity contribution in [2.75, 3.05) is 72.4 Å². The van der Waals surface area contributed by atoms with Crippen LogP contribution in [0.15, 0.2) is 36.5 Å². The summed E-state index contributed by atoms with van der Waals surface area (Å²) < 4.78 is 39.1. The predicted octanol–water partition coefficient (Wildman–Crippen LogP) is 13.7. The molecule has 0 radical (unpaired) electrons. The largest absolute Gasteiger partial charge is 0.465 e. The Morgan fingerprint density at radius 1 is 0.367 bits per heavy atom. The first kappa shape index (κ1) is 72.3. The first-order valence-electron chi connectivity index (χ1n) is 31.0. The summed E-state index contributed by atoms with van der Waals surface area (Å²) in [6.07, 6.45) is 38.9. The highest BCUT2D eigenvalue weighted by molar-refractivity contribution is 5.71. The summed E-state index contributed by atoms with van der Waals surface area (Å²) in [7, 11) is 0. The number of amides is 1. The molecule has 0 aromatic carbocycles. The lowest BCUT2D eigenvalue weighted by atomic mass is 9.92. The summed E-state index contributed by atoms with van der Waals surface area (Å²) in [6, 6.07) is 0. The van der Waals surface area contributed by atoms with Crippen LogP contribution in [0.25, 0.3) is 0 Å². The molecular weight excluding hydrogens is 1010 g/mol. The van der Waals surface area contributed by atoms with Crippen LogP contribution in [0.5, 0.6) is 0 Å². The number of ether oxygens (including phenoxy) is 7. The molecule has 0 atom stereocenters. The fourth-order valence-electron chi connectivity index (χ4n) is 8.62. The minimum atomic E-state index is -1.42. The zero-order chi connectivity index (χ0) is 57.5. The molecule has 0 saturated carbocycles. The van der Waals surface area contributed by atoms with Gasteiger partial charge in [-0.2, -0.15) is 0 Å². The van der Waals surface area contributed by atoms with E-state index in [1.54, 1.807) is 0 Å². The number of hydrogen-bond acceptors (Lipinski definition) is 15. The van der Waals surface area contributed by atoms with Gasteiger partial charge >= 0.3 is 41.9 Å². The molecule has 1 aliphatic heterocycles. The van der Waals surface area contributed by atoms with E-state index in [1.165, 1.54) is 57.8 Å². The van der Waals surface area contributed by atoms with Gasteiger partial charge in [0.1, 0.15) is 31.8 Å². The Hall–Kier alpha value is -4.73. The van der Waals surface area contributed by atoms with Crippen LogP contribution in [0, 0.1) is 5.41 Å². The van der Waals surface area contributed by atoms with E-state index in [9.17, 15) is 33.6 Å². The van der Waals surface area contributed by atoms with Crippen molar-refractivity contribution in [1.29, 1.82) is 0 Å². The lowest BCUT2D eigenvalue weighted by Gasteiger charge is -2.31. The quantitative estimate of drug-likeness (QED) is 0.0261. The molecule has 1 saturated heterocycles. The number of likely N-dealkylation sites (tertiary alicyclic amines) is 1. The van der Waals surface area contributed by atoms with Gasteiger partial charge < -0.3 is 43.4 Å². The van der Waals surface area contributed by atoms with Crippen molar-refractivity contribution in [3.8, 4) is 0 Å². The topological polar surface area (TPSA) is 199 Å². The van der Waals surface area contributed by atoms with Gasteiger partial charge in [0.15, 0.2) is 0 Å². The third kappa shape index (κ3) is 46.7. The molecule has 1 aliphatic rings. The molecule has 16 nitrogen and oxygen atoms in total. The molecule has 0 spiro atoms. The number of alkyl carbamates (subject to hydrolysis) is 1. The van der Waals surface area contributed by atoms with Crippen molar-refractivity contribution < 1.29 is 66.7 Å². The van der Waals surface area contributed by atoms with E-state index >= 15 is 0 Å². The Morgan fingerprint density at radius 3 is 0.975 bits per heavy atom. The van der Waals surface area contributed by atoms with Gasteiger partial charge in [0.25, 0.3) is 0 Å². The zero-order valence-corrected chi connectivity index (χ0v) is 49.7. The SMILES string of the molecule is CCCCC/C=C\CCOC(=O)CCCCCCC(=O)OCC(COC(=O)CCCCCCC(=O)OCC/C=C\CCCCC)(COC(=O)CCCCCCC(=O)OCC/C=C\CCCCC)COC(=O)NCCN1CCCC1. The predicted molar refractivity (Wildman–Crippen MR) is 310 cm³/mol. The summed E-state index contributed by atoms with van der Waals surface area (Å²) in [5.41, 5.74) is -1.42. The lowest BCUT2D eigenvalue weighted by Crippen LogP contribution is -2.45. The van der Waals surface area contributed by atoms with Crippen molar-refractivity contribution in [2.45, 2.75) is 245 Å². The molecule has 79 heavy (non-hydrogen) atoms. The highest BCUT2D eigenvalue weighted by Gasteiger charge is 2.38. The first-order valence-corrected chi connectivity index (χ1v) is 31.0. The Balaban J connectivity index is 2.84. The molecule has 1 amide bonds. The number of nitrogens with one attached hydrogen (secondary N) is 1. The van der Waals surface area contributed by atoms with Crippen LogP contribution in [-0.4, -0.2) is 119 Å². The van der Waals surface area contributed by atoms with Gasteiger partial charge in [-0.05, 0) is 122 Å². The summed E-state index contributed by atoms with van der Waals surface area (Å²) in [5, 5.41) is 2.78. The fourth-order valence-corrected chi connectivity index (χ4v) is 8.62. The van der Waals surface area contributed by atoms with Crippen molar-refractivity contribution >= 4 is 41.9 Å². The molecule has 0 bridgehead atoms. The monoisotopic (exact) mass is 1120 g/mol. The second kappa shape index (κ2) is 52.6. The van der Waals surface area contributed by atoms with E-state index in [0.29, 0.717) is 129 Å². The van der Waals surface area contributed by atoms with Crippen LogP contribution in [0.4, 0.5) is 4.79 Å². The molecule has 1 fully saturated rings. The van der Waals surface area contributed by atoms with Crippen molar-refractivity contribution in [1.82, 2.24) is 10.2 Å². The van der Waals surface area contributed by atoms with Crippen molar-refractivity contribution in [2.24, 2.45) is 5.41 Å². The maximum Gasteiger partial charge on any atom is 0.407 e. The molecular formula is C63H108N2O14. The number of rotatable bonds is 53. The molecule has 0 aromatic rings. The third-order valence-corrected chi connectivity index (χ3v) is 13.6. The summed E-state index contributed by atoms with van der Waals surface area (Å²) in [4.78, 5) is 91.7. The normalized spacial score (nSPS) is 12.8. The van der Waals surface area contributed by atoms with Crippen LogP contribution in [0.3, 0.4) is 0 Å². The average Bonchev–Trinajstić information content (AvgIpc) is 3.97. The summed E-state index contributed by atoms with van der Waals surface area (Å²) in [6.45, 7) is 9.12. The van der Waals surface area contributed by atoms with Crippen LogP contribution < -0.4 is 5.32 Å². The molecule has 0 unspecified atom stereocenters. The highest BCUT2D eigenvalue weighted by Crippen LogP contribution is 2.24. The fraction of sp³-hybridized carbons (Fsp3) is 0.794. The lowest BCUT2D eigenvalue weighted by molar-refractivity contribution is -0.165. The molecule has 16 heteroatoms. The Bertz CT molecular complexity index is 1520. The zero-order valence-electron chi connectivity index (χ0n) is 49.7. The number of nitrogens with zero attached hydrogens (tertiary/aromatic N) is 1. The average molecular weight is 1120 g/mol.